The monoisotopic (exact) mass is 309 g/mol. The van der Waals surface area contributed by atoms with Crippen molar-refractivity contribution in [2.75, 3.05) is 6.54 Å². The smallest absolute Gasteiger partial charge is 0.306 e. The number of carbonyl (C=O) groups is 2. The molecule has 2 aromatic heterocycles. The summed E-state index contributed by atoms with van der Waals surface area (Å²) in [6.45, 7) is 1.86. The number of carboxylic acids is 1. The van der Waals surface area contributed by atoms with Crippen LogP contribution in [0.3, 0.4) is 0 Å². The molecule has 0 bridgehead atoms. The molecule has 0 aliphatic carbocycles. The highest BCUT2D eigenvalue weighted by molar-refractivity contribution is 7.13. The van der Waals surface area contributed by atoms with E-state index in [2.05, 4.69) is 20.7 Å². The minimum Gasteiger partial charge on any atom is -0.481 e. The SMILES string of the molecule is CC(CCNC(=O)Cn1nnc(-c2cccs2)n1)C(=O)O. The summed E-state index contributed by atoms with van der Waals surface area (Å²) in [4.78, 5) is 24.4. The van der Waals surface area contributed by atoms with Crippen LogP contribution >= 0.6 is 11.3 Å². The number of carboxylic acid groups (broad SMARTS) is 1. The highest BCUT2D eigenvalue weighted by Crippen LogP contribution is 2.19. The number of rotatable bonds is 7. The van der Waals surface area contributed by atoms with Gasteiger partial charge in [-0.15, -0.1) is 21.5 Å². The van der Waals surface area contributed by atoms with Gasteiger partial charge in [-0.2, -0.15) is 4.80 Å². The molecule has 9 heteroatoms. The molecular formula is C12H15N5O3S. The zero-order valence-electron chi connectivity index (χ0n) is 11.4. The predicted octanol–water partition coefficient (Wildman–Crippen LogP) is 0.629. The lowest BCUT2D eigenvalue weighted by molar-refractivity contribution is -0.141. The van der Waals surface area contributed by atoms with Crippen molar-refractivity contribution in [3.8, 4) is 10.7 Å². The standard InChI is InChI=1S/C12H15N5O3S/c1-8(12(19)20)4-5-13-10(18)7-17-15-11(14-16-17)9-3-2-6-21-9/h2-3,6,8H,4-5,7H2,1H3,(H,13,18)(H,19,20). The Hall–Kier alpha value is -2.29. The Bertz CT molecular complexity index is 610. The van der Waals surface area contributed by atoms with Gasteiger partial charge in [-0.25, -0.2) is 0 Å². The van der Waals surface area contributed by atoms with Gasteiger partial charge in [0.15, 0.2) is 0 Å². The minimum absolute atomic E-state index is 0.0418. The molecule has 0 aromatic carbocycles. The molecule has 1 unspecified atom stereocenters. The number of thiophene rings is 1. The van der Waals surface area contributed by atoms with Crippen molar-refractivity contribution in [3.63, 3.8) is 0 Å². The minimum atomic E-state index is -0.872. The molecule has 2 heterocycles. The quantitative estimate of drug-likeness (QED) is 0.776. The van der Waals surface area contributed by atoms with E-state index in [9.17, 15) is 9.59 Å². The fourth-order valence-electron chi connectivity index (χ4n) is 1.55. The van der Waals surface area contributed by atoms with Gasteiger partial charge < -0.3 is 10.4 Å². The van der Waals surface area contributed by atoms with Crippen LogP contribution in [0, 0.1) is 5.92 Å². The van der Waals surface area contributed by atoms with Crippen LogP contribution in [-0.2, 0) is 16.1 Å². The lowest BCUT2D eigenvalue weighted by Crippen LogP contribution is -2.30. The van der Waals surface area contributed by atoms with E-state index in [1.807, 2.05) is 17.5 Å². The Balaban J connectivity index is 1.79. The van der Waals surface area contributed by atoms with Gasteiger partial charge in [-0.05, 0) is 23.1 Å². The van der Waals surface area contributed by atoms with E-state index in [0.29, 0.717) is 18.8 Å². The number of carbonyl (C=O) groups excluding carboxylic acids is 1. The first-order valence-corrected chi connectivity index (χ1v) is 7.25. The molecule has 2 N–H and O–H groups in total. The van der Waals surface area contributed by atoms with Crippen molar-refractivity contribution in [2.45, 2.75) is 19.9 Å². The molecule has 0 saturated carbocycles. The summed E-state index contributed by atoms with van der Waals surface area (Å²) in [5, 5.41) is 25.1. The Morgan fingerprint density at radius 2 is 2.33 bits per heavy atom. The number of tetrazole rings is 1. The molecule has 2 rings (SSSR count). The van der Waals surface area contributed by atoms with Crippen LogP contribution in [0.1, 0.15) is 13.3 Å². The fourth-order valence-corrected chi connectivity index (χ4v) is 2.20. The first-order chi connectivity index (χ1) is 10.1. The predicted molar refractivity (Wildman–Crippen MR) is 75.6 cm³/mol. The molecule has 8 nitrogen and oxygen atoms in total. The van der Waals surface area contributed by atoms with Crippen molar-refractivity contribution >= 4 is 23.2 Å². The third-order valence-corrected chi connectivity index (χ3v) is 3.67. The van der Waals surface area contributed by atoms with Crippen LogP contribution in [0.25, 0.3) is 10.7 Å². The van der Waals surface area contributed by atoms with E-state index in [1.165, 1.54) is 16.1 Å². The van der Waals surface area contributed by atoms with Crippen LogP contribution in [0.15, 0.2) is 17.5 Å². The van der Waals surface area contributed by atoms with E-state index in [1.54, 1.807) is 6.92 Å². The second kappa shape index (κ2) is 6.93. The highest BCUT2D eigenvalue weighted by Gasteiger charge is 2.12. The molecule has 1 amide bonds. The van der Waals surface area contributed by atoms with Crippen molar-refractivity contribution < 1.29 is 14.7 Å². The second-order valence-electron chi connectivity index (χ2n) is 4.50. The Labute approximate surface area is 124 Å². The maximum atomic E-state index is 11.7. The van der Waals surface area contributed by atoms with Gasteiger partial charge in [0.25, 0.3) is 0 Å². The molecule has 0 radical (unpaired) electrons. The maximum Gasteiger partial charge on any atom is 0.306 e. The molecule has 21 heavy (non-hydrogen) atoms. The molecule has 2 aromatic rings. The van der Waals surface area contributed by atoms with E-state index in [-0.39, 0.29) is 12.5 Å². The summed E-state index contributed by atoms with van der Waals surface area (Å²) in [7, 11) is 0. The van der Waals surface area contributed by atoms with Gasteiger partial charge in [0.1, 0.15) is 6.54 Å². The van der Waals surface area contributed by atoms with Gasteiger partial charge in [0.05, 0.1) is 10.8 Å². The molecule has 0 spiro atoms. The van der Waals surface area contributed by atoms with Crippen molar-refractivity contribution in [2.24, 2.45) is 5.92 Å². The molecule has 0 fully saturated rings. The zero-order valence-corrected chi connectivity index (χ0v) is 12.2. The molecule has 1 atom stereocenters. The largest absolute Gasteiger partial charge is 0.481 e. The van der Waals surface area contributed by atoms with Crippen LogP contribution in [0.2, 0.25) is 0 Å². The molecule has 0 aliphatic rings. The number of amides is 1. The van der Waals surface area contributed by atoms with Crippen LogP contribution in [0.4, 0.5) is 0 Å². The van der Waals surface area contributed by atoms with Crippen LogP contribution < -0.4 is 5.32 Å². The van der Waals surface area contributed by atoms with E-state index < -0.39 is 11.9 Å². The van der Waals surface area contributed by atoms with Crippen molar-refractivity contribution in [1.82, 2.24) is 25.5 Å². The molecule has 0 aliphatic heterocycles. The maximum absolute atomic E-state index is 11.7. The van der Waals surface area contributed by atoms with Crippen molar-refractivity contribution in [1.29, 1.82) is 0 Å². The topological polar surface area (TPSA) is 110 Å². The fraction of sp³-hybridized carbons (Fsp3) is 0.417. The van der Waals surface area contributed by atoms with Crippen molar-refractivity contribution in [3.05, 3.63) is 17.5 Å². The Morgan fingerprint density at radius 1 is 1.52 bits per heavy atom. The van der Waals surface area contributed by atoms with E-state index in [0.717, 1.165) is 4.88 Å². The summed E-state index contributed by atoms with van der Waals surface area (Å²) in [6, 6.07) is 3.76. The summed E-state index contributed by atoms with van der Waals surface area (Å²) in [6.07, 6.45) is 0.381. The second-order valence-corrected chi connectivity index (χ2v) is 5.45. The zero-order chi connectivity index (χ0) is 15.2. The van der Waals surface area contributed by atoms with Crippen LogP contribution in [-0.4, -0.2) is 43.7 Å². The normalized spacial score (nSPS) is 12.0. The molecule has 0 saturated heterocycles. The average Bonchev–Trinajstić information content (AvgIpc) is 3.08. The first kappa shape index (κ1) is 15.1. The third-order valence-electron chi connectivity index (χ3n) is 2.80. The first-order valence-electron chi connectivity index (χ1n) is 6.37. The molecular weight excluding hydrogens is 294 g/mol. The highest BCUT2D eigenvalue weighted by atomic mass is 32.1. The lowest BCUT2D eigenvalue weighted by Gasteiger charge is -2.07. The van der Waals surface area contributed by atoms with Gasteiger partial charge >= 0.3 is 5.97 Å². The summed E-state index contributed by atoms with van der Waals surface area (Å²) >= 11 is 1.49. The van der Waals surface area contributed by atoms with Gasteiger partial charge in [-0.1, -0.05) is 13.0 Å². The number of aliphatic carboxylic acids is 1. The lowest BCUT2D eigenvalue weighted by atomic mass is 10.1. The van der Waals surface area contributed by atoms with Crippen LogP contribution in [0.5, 0.6) is 0 Å². The Morgan fingerprint density at radius 3 is 3.00 bits per heavy atom. The average molecular weight is 309 g/mol. The summed E-state index contributed by atoms with van der Waals surface area (Å²) in [5.41, 5.74) is 0. The number of hydrogen-bond acceptors (Lipinski definition) is 6. The van der Waals surface area contributed by atoms with Gasteiger partial charge in [0, 0.05) is 6.54 Å². The molecule has 112 valence electrons. The van der Waals surface area contributed by atoms with Gasteiger partial charge in [-0.3, -0.25) is 9.59 Å². The third kappa shape index (κ3) is 4.35. The number of hydrogen-bond donors (Lipinski definition) is 2. The number of aromatic nitrogens is 4. The Kier molecular flexibility index (Phi) is 4.99. The van der Waals surface area contributed by atoms with E-state index >= 15 is 0 Å². The number of nitrogens with zero attached hydrogens (tertiary/aromatic N) is 4. The number of nitrogens with one attached hydrogen (secondary N) is 1. The van der Waals surface area contributed by atoms with E-state index in [4.69, 9.17) is 5.11 Å². The van der Waals surface area contributed by atoms with Gasteiger partial charge in [0.2, 0.25) is 11.7 Å². The summed E-state index contributed by atoms with van der Waals surface area (Å²) < 4.78 is 0. The summed E-state index contributed by atoms with van der Waals surface area (Å²) in [5.74, 6) is -1.15.